The fourth-order valence-electron chi connectivity index (χ4n) is 3.41. The number of pyridine rings is 1. The number of nitrogens with one attached hydrogen (secondary N) is 3. The Morgan fingerprint density at radius 3 is 2.07 bits per heavy atom. The minimum Gasteiger partial charge on any atom is -0.444 e. The lowest BCUT2D eigenvalue weighted by molar-refractivity contribution is 0.0624. The number of benzene rings is 1. The van der Waals surface area contributed by atoms with E-state index in [9.17, 15) is 9.59 Å². The molecule has 11 heteroatoms. The zero-order valence-electron chi connectivity index (χ0n) is 26.6. The standard InChI is InChI=1S/C29H39Cl2N5O4.C3H6/c1-9-23(31)25(33-18(2)30)34-21-12-13-24(36-27(38)40-29(6,7)8)20(15-21)11-10-19-14-22(17-32-16-19)35-26(37)39-28(3,4)5;1-3-2/h9,12-18H,10-11H2,1-8H3,(H,33,34)(H,35,37)(H,36,38);3H,1H2,2H3/b23-9+;. The molecule has 9 nitrogen and oxygen atoms in total. The van der Waals surface area contributed by atoms with E-state index in [1.165, 1.54) is 0 Å². The minimum absolute atomic E-state index is 0.422. The Hall–Kier alpha value is -3.56. The number of alkyl halides is 1. The largest absolute Gasteiger partial charge is 0.444 e. The fourth-order valence-corrected chi connectivity index (χ4v) is 3.61. The van der Waals surface area contributed by atoms with Gasteiger partial charge in [0.1, 0.15) is 22.5 Å². The Balaban J connectivity index is 0.00000295. The highest BCUT2D eigenvalue weighted by molar-refractivity contribution is 6.45. The number of aryl methyl sites for hydroxylation is 2. The first kappa shape index (κ1) is 37.5. The number of aromatic nitrogens is 1. The smallest absolute Gasteiger partial charge is 0.412 e. The molecule has 1 unspecified atom stereocenters. The number of carbonyl (C=O) groups is 2. The molecule has 1 heterocycles. The summed E-state index contributed by atoms with van der Waals surface area (Å²) >= 11 is 12.4. The molecule has 0 radical (unpaired) electrons. The molecular formula is C32H45Cl2N5O4. The highest BCUT2D eigenvalue weighted by atomic mass is 35.5. The molecule has 0 spiro atoms. The van der Waals surface area contributed by atoms with Crippen LogP contribution in [0.2, 0.25) is 0 Å². The molecule has 2 amide bonds. The molecule has 0 bridgehead atoms. The van der Waals surface area contributed by atoms with Gasteiger partial charge in [-0.3, -0.25) is 15.6 Å². The van der Waals surface area contributed by atoms with Gasteiger partial charge >= 0.3 is 12.2 Å². The van der Waals surface area contributed by atoms with E-state index < -0.39 is 28.9 Å². The van der Waals surface area contributed by atoms with E-state index in [1.807, 2.05) is 19.1 Å². The zero-order chi connectivity index (χ0) is 32.8. The van der Waals surface area contributed by atoms with Crippen LogP contribution in [0.3, 0.4) is 0 Å². The van der Waals surface area contributed by atoms with Crippen LogP contribution in [0.25, 0.3) is 0 Å². The molecule has 2 rings (SSSR count). The number of anilines is 3. The van der Waals surface area contributed by atoms with Crippen molar-refractivity contribution < 1.29 is 19.1 Å². The van der Waals surface area contributed by atoms with Crippen molar-refractivity contribution in [2.24, 2.45) is 4.99 Å². The van der Waals surface area contributed by atoms with Crippen molar-refractivity contribution in [2.75, 3.05) is 16.0 Å². The topological polar surface area (TPSA) is 114 Å². The minimum atomic E-state index is -0.647. The van der Waals surface area contributed by atoms with E-state index in [2.05, 4.69) is 32.5 Å². The van der Waals surface area contributed by atoms with Gasteiger partial charge in [0.2, 0.25) is 0 Å². The highest BCUT2D eigenvalue weighted by Crippen LogP contribution is 2.25. The Morgan fingerprint density at radius 2 is 1.53 bits per heavy atom. The molecule has 1 aromatic heterocycles. The second-order valence-corrected chi connectivity index (χ2v) is 12.5. The van der Waals surface area contributed by atoms with Crippen molar-refractivity contribution >= 4 is 58.3 Å². The third kappa shape index (κ3) is 16.0. The number of hydrogen-bond acceptors (Lipinski definition) is 6. The maximum absolute atomic E-state index is 12.5. The summed E-state index contributed by atoms with van der Waals surface area (Å²) in [5.74, 6) is 0.426. The number of ether oxygens (including phenoxy) is 2. The van der Waals surface area contributed by atoms with Crippen LogP contribution in [0.4, 0.5) is 26.7 Å². The van der Waals surface area contributed by atoms with Gasteiger partial charge in [-0.25, -0.2) is 14.6 Å². The SMILES string of the molecule is C/C=C(Cl)\C(=N/C(C)Cl)Nc1ccc(NC(=O)OC(C)(C)C)c(CCc2cncc(NC(=O)OC(C)(C)C)c2)c1.C=CC. The molecule has 0 saturated heterocycles. The highest BCUT2D eigenvalue weighted by Gasteiger charge is 2.19. The van der Waals surface area contributed by atoms with Crippen LogP contribution in [0.15, 0.2) is 65.4 Å². The number of nitrogens with zero attached hydrogens (tertiary/aromatic N) is 2. The van der Waals surface area contributed by atoms with E-state index in [1.54, 1.807) is 92.1 Å². The van der Waals surface area contributed by atoms with Crippen LogP contribution in [0.1, 0.15) is 73.4 Å². The number of allylic oxidation sites excluding steroid dienone is 2. The first-order valence-corrected chi connectivity index (χ1v) is 14.7. The zero-order valence-corrected chi connectivity index (χ0v) is 28.1. The quantitative estimate of drug-likeness (QED) is 0.0877. The second kappa shape index (κ2) is 17.5. The first-order valence-electron chi connectivity index (χ1n) is 13.9. The molecule has 1 aromatic carbocycles. The van der Waals surface area contributed by atoms with Crippen molar-refractivity contribution in [3.05, 3.63) is 71.5 Å². The summed E-state index contributed by atoms with van der Waals surface area (Å²) < 4.78 is 10.8. The summed E-state index contributed by atoms with van der Waals surface area (Å²) in [7, 11) is 0. The molecule has 2 aromatic rings. The number of rotatable bonds is 8. The number of amidine groups is 1. The summed E-state index contributed by atoms with van der Waals surface area (Å²) in [5, 5.41) is 9.19. The van der Waals surface area contributed by atoms with Crippen molar-refractivity contribution in [3.8, 4) is 0 Å². The Labute approximate surface area is 266 Å². The van der Waals surface area contributed by atoms with Crippen LogP contribution in [-0.2, 0) is 22.3 Å². The molecule has 0 aliphatic rings. The van der Waals surface area contributed by atoms with Crippen LogP contribution in [0, 0.1) is 0 Å². The average molecular weight is 635 g/mol. The van der Waals surface area contributed by atoms with Crippen LogP contribution in [-0.4, -0.2) is 39.7 Å². The van der Waals surface area contributed by atoms with Gasteiger partial charge in [0.05, 0.1) is 16.9 Å². The summed E-state index contributed by atoms with van der Waals surface area (Å²) in [6, 6.07) is 7.32. The molecule has 0 saturated carbocycles. The molecule has 0 aliphatic heterocycles. The van der Waals surface area contributed by atoms with Crippen LogP contribution < -0.4 is 16.0 Å². The van der Waals surface area contributed by atoms with Crippen molar-refractivity contribution in [3.63, 3.8) is 0 Å². The lowest BCUT2D eigenvalue weighted by Crippen LogP contribution is -2.27. The molecule has 1 atom stereocenters. The lowest BCUT2D eigenvalue weighted by atomic mass is 10.0. The Kier molecular flexibility index (Phi) is 15.3. The number of amides is 2. The van der Waals surface area contributed by atoms with Crippen LogP contribution in [0.5, 0.6) is 0 Å². The van der Waals surface area contributed by atoms with Gasteiger partial charge in [-0.15, -0.1) is 6.58 Å². The summed E-state index contributed by atoms with van der Waals surface area (Å²) in [6.07, 6.45) is 6.73. The molecular weight excluding hydrogens is 589 g/mol. The van der Waals surface area contributed by atoms with Gasteiger partial charge in [0.25, 0.3) is 0 Å². The van der Waals surface area contributed by atoms with Crippen molar-refractivity contribution in [1.29, 1.82) is 0 Å². The molecule has 43 heavy (non-hydrogen) atoms. The third-order valence-corrected chi connectivity index (χ3v) is 5.41. The van der Waals surface area contributed by atoms with E-state index in [0.717, 1.165) is 11.1 Å². The first-order chi connectivity index (χ1) is 20.0. The fraction of sp³-hybridized carbons (Fsp3) is 0.438. The predicted octanol–water partition coefficient (Wildman–Crippen LogP) is 9.29. The summed E-state index contributed by atoms with van der Waals surface area (Å²) in [6.45, 7) is 19.6. The summed E-state index contributed by atoms with van der Waals surface area (Å²) in [5.41, 5.74) is 1.78. The van der Waals surface area contributed by atoms with E-state index >= 15 is 0 Å². The predicted molar refractivity (Wildman–Crippen MR) is 180 cm³/mol. The lowest BCUT2D eigenvalue weighted by Gasteiger charge is -2.21. The van der Waals surface area contributed by atoms with Gasteiger partial charge in [-0.05, 0) is 111 Å². The Morgan fingerprint density at radius 1 is 0.953 bits per heavy atom. The van der Waals surface area contributed by atoms with Gasteiger partial charge in [-0.1, -0.05) is 35.4 Å². The number of aliphatic imine (C=N–C) groups is 1. The number of hydrogen-bond donors (Lipinski definition) is 3. The van der Waals surface area contributed by atoms with Crippen molar-refractivity contribution in [1.82, 2.24) is 4.98 Å². The van der Waals surface area contributed by atoms with Gasteiger partial charge in [-0.2, -0.15) is 0 Å². The molecule has 3 N–H and O–H groups in total. The summed E-state index contributed by atoms with van der Waals surface area (Å²) in [4.78, 5) is 33.3. The number of halogens is 2. The number of carbonyl (C=O) groups excluding carboxylic acids is 2. The van der Waals surface area contributed by atoms with Crippen molar-refractivity contribution in [2.45, 2.75) is 91.9 Å². The second-order valence-electron chi connectivity index (χ2n) is 11.4. The monoisotopic (exact) mass is 633 g/mol. The van der Waals surface area contributed by atoms with E-state index in [0.29, 0.717) is 40.8 Å². The normalized spacial score (nSPS) is 12.7. The third-order valence-electron chi connectivity index (χ3n) is 4.91. The molecule has 236 valence electrons. The maximum atomic E-state index is 12.5. The Bertz CT molecular complexity index is 1300. The molecule has 0 aliphatic carbocycles. The van der Waals surface area contributed by atoms with Crippen LogP contribution >= 0.6 is 23.2 Å². The molecule has 0 fully saturated rings. The van der Waals surface area contributed by atoms with Gasteiger partial charge in [0.15, 0.2) is 0 Å². The van der Waals surface area contributed by atoms with Gasteiger partial charge in [0, 0.05) is 17.6 Å². The average Bonchev–Trinajstić information content (AvgIpc) is 2.86. The van der Waals surface area contributed by atoms with E-state index in [-0.39, 0.29) is 0 Å². The van der Waals surface area contributed by atoms with E-state index in [4.69, 9.17) is 32.7 Å². The van der Waals surface area contributed by atoms with Gasteiger partial charge < -0.3 is 14.8 Å². The maximum Gasteiger partial charge on any atom is 0.412 e.